The molecule has 0 bridgehead atoms. The van der Waals surface area contributed by atoms with Gasteiger partial charge in [-0.2, -0.15) is 0 Å². The van der Waals surface area contributed by atoms with Gasteiger partial charge in [0.2, 0.25) is 0 Å². The van der Waals surface area contributed by atoms with E-state index in [0.29, 0.717) is 25.0 Å². The molecule has 0 aromatic carbocycles. The molecule has 3 nitrogen and oxygen atoms in total. The Kier molecular flexibility index (Phi) is 9.79. The van der Waals surface area contributed by atoms with Gasteiger partial charge >= 0.3 is 0 Å². The smallest absolute Gasteiger partial charge is 0.0564 e. The molecular formula is C14H30O3. The molecule has 0 fully saturated rings. The van der Waals surface area contributed by atoms with E-state index in [0.717, 1.165) is 25.7 Å². The highest BCUT2D eigenvalue weighted by molar-refractivity contribution is 4.63. The van der Waals surface area contributed by atoms with Crippen molar-refractivity contribution in [2.45, 2.75) is 65.6 Å². The van der Waals surface area contributed by atoms with Crippen LogP contribution in [-0.2, 0) is 4.74 Å². The van der Waals surface area contributed by atoms with E-state index in [1.165, 1.54) is 0 Å². The third-order valence-electron chi connectivity index (χ3n) is 3.59. The summed E-state index contributed by atoms with van der Waals surface area (Å²) in [4.78, 5) is 0. The van der Waals surface area contributed by atoms with Crippen molar-refractivity contribution >= 4 is 0 Å². The second-order valence-electron chi connectivity index (χ2n) is 5.10. The number of hydrogen-bond acceptors (Lipinski definition) is 3. The van der Waals surface area contributed by atoms with Crippen molar-refractivity contribution in [3.05, 3.63) is 0 Å². The second-order valence-corrected chi connectivity index (χ2v) is 5.10. The molecule has 0 saturated heterocycles. The number of aliphatic hydroxyl groups is 2. The van der Waals surface area contributed by atoms with E-state index in [4.69, 9.17) is 4.74 Å². The van der Waals surface area contributed by atoms with E-state index in [-0.39, 0.29) is 12.2 Å². The third kappa shape index (κ3) is 7.74. The van der Waals surface area contributed by atoms with Gasteiger partial charge in [-0.15, -0.1) is 0 Å². The molecule has 2 N–H and O–H groups in total. The molecule has 0 aromatic heterocycles. The lowest BCUT2D eigenvalue weighted by atomic mass is 9.99. The first-order valence-corrected chi connectivity index (χ1v) is 6.96. The predicted octanol–water partition coefficient (Wildman–Crippen LogP) is 2.60. The minimum absolute atomic E-state index is 0.209. The Labute approximate surface area is 106 Å². The average Bonchev–Trinajstić information content (AvgIpc) is 2.35. The van der Waals surface area contributed by atoms with E-state index in [1.54, 1.807) is 0 Å². The van der Waals surface area contributed by atoms with Crippen LogP contribution in [0.4, 0.5) is 0 Å². The van der Waals surface area contributed by atoms with Crippen LogP contribution in [0.1, 0.15) is 53.4 Å². The molecule has 0 radical (unpaired) electrons. The van der Waals surface area contributed by atoms with Crippen molar-refractivity contribution in [1.82, 2.24) is 0 Å². The Morgan fingerprint density at radius 2 is 1.18 bits per heavy atom. The monoisotopic (exact) mass is 246 g/mol. The van der Waals surface area contributed by atoms with Crippen molar-refractivity contribution in [2.24, 2.45) is 11.8 Å². The fourth-order valence-corrected chi connectivity index (χ4v) is 1.83. The van der Waals surface area contributed by atoms with Crippen LogP contribution in [0.15, 0.2) is 0 Å². The van der Waals surface area contributed by atoms with E-state index in [9.17, 15) is 10.2 Å². The average molecular weight is 246 g/mol. The van der Waals surface area contributed by atoms with Gasteiger partial charge in [-0.1, -0.05) is 27.7 Å². The maximum absolute atomic E-state index is 9.59. The third-order valence-corrected chi connectivity index (χ3v) is 3.59. The Bertz CT molecular complexity index is 155. The molecule has 0 heterocycles. The fraction of sp³-hybridized carbons (Fsp3) is 1.00. The Balaban J connectivity index is 3.46. The first-order valence-electron chi connectivity index (χ1n) is 6.96. The van der Waals surface area contributed by atoms with Gasteiger partial charge in [0.15, 0.2) is 0 Å². The molecule has 0 aliphatic heterocycles. The highest BCUT2D eigenvalue weighted by Gasteiger charge is 2.13. The molecule has 17 heavy (non-hydrogen) atoms. The molecule has 0 aliphatic rings. The van der Waals surface area contributed by atoms with Gasteiger partial charge in [0.25, 0.3) is 0 Å². The number of aliphatic hydroxyl groups excluding tert-OH is 2. The summed E-state index contributed by atoms with van der Waals surface area (Å²) in [6.45, 7) is 9.51. The topological polar surface area (TPSA) is 49.7 Å². The lowest BCUT2D eigenvalue weighted by molar-refractivity contribution is 0.0506. The Morgan fingerprint density at radius 1 is 0.824 bits per heavy atom. The molecule has 0 spiro atoms. The van der Waals surface area contributed by atoms with E-state index in [1.807, 2.05) is 13.8 Å². The van der Waals surface area contributed by atoms with Gasteiger partial charge < -0.3 is 14.9 Å². The molecule has 4 unspecified atom stereocenters. The summed E-state index contributed by atoms with van der Waals surface area (Å²) in [5.74, 6) is 0.609. The van der Waals surface area contributed by atoms with Gasteiger partial charge in [0.1, 0.15) is 0 Å². The zero-order chi connectivity index (χ0) is 13.3. The SMILES string of the molecule is CCC(O)C(C)CCOCCC(C)C(O)CC. The molecule has 4 atom stereocenters. The number of ether oxygens (including phenoxy) is 1. The van der Waals surface area contributed by atoms with Crippen LogP contribution < -0.4 is 0 Å². The van der Waals surface area contributed by atoms with Gasteiger partial charge in [0.05, 0.1) is 12.2 Å². The first-order chi connectivity index (χ1) is 8.02. The second kappa shape index (κ2) is 9.86. The van der Waals surface area contributed by atoms with Crippen molar-refractivity contribution in [3.8, 4) is 0 Å². The fourth-order valence-electron chi connectivity index (χ4n) is 1.83. The minimum Gasteiger partial charge on any atom is -0.393 e. The normalized spacial score (nSPS) is 18.7. The maximum Gasteiger partial charge on any atom is 0.0564 e. The Morgan fingerprint density at radius 3 is 1.47 bits per heavy atom. The number of hydrogen-bond donors (Lipinski definition) is 2. The minimum atomic E-state index is -0.209. The lowest BCUT2D eigenvalue weighted by Gasteiger charge is -2.19. The molecule has 0 aromatic rings. The van der Waals surface area contributed by atoms with Gasteiger partial charge in [-0.3, -0.25) is 0 Å². The molecule has 104 valence electrons. The van der Waals surface area contributed by atoms with Crippen molar-refractivity contribution in [1.29, 1.82) is 0 Å². The molecular weight excluding hydrogens is 216 g/mol. The van der Waals surface area contributed by atoms with E-state index in [2.05, 4.69) is 13.8 Å². The quantitative estimate of drug-likeness (QED) is 0.583. The summed E-state index contributed by atoms with van der Waals surface area (Å²) >= 11 is 0. The molecule has 0 aliphatic carbocycles. The maximum atomic E-state index is 9.59. The van der Waals surface area contributed by atoms with Crippen LogP contribution in [-0.4, -0.2) is 35.6 Å². The lowest BCUT2D eigenvalue weighted by Crippen LogP contribution is -2.20. The molecule has 0 amide bonds. The van der Waals surface area contributed by atoms with E-state index < -0.39 is 0 Å². The van der Waals surface area contributed by atoms with Crippen LogP contribution in [0.5, 0.6) is 0 Å². The Hall–Kier alpha value is -0.120. The van der Waals surface area contributed by atoms with Crippen molar-refractivity contribution < 1.29 is 14.9 Å². The first kappa shape index (κ1) is 16.9. The summed E-state index contributed by atoms with van der Waals surface area (Å²) in [6.07, 6.45) is 3.00. The summed E-state index contributed by atoms with van der Waals surface area (Å²) in [5.41, 5.74) is 0. The molecule has 0 saturated carbocycles. The van der Waals surface area contributed by atoms with Crippen LogP contribution in [0.3, 0.4) is 0 Å². The summed E-state index contributed by atoms with van der Waals surface area (Å²) in [5, 5.41) is 19.2. The van der Waals surface area contributed by atoms with Crippen LogP contribution >= 0.6 is 0 Å². The van der Waals surface area contributed by atoms with Crippen molar-refractivity contribution in [3.63, 3.8) is 0 Å². The van der Waals surface area contributed by atoms with Gasteiger partial charge in [-0.25, -0.2) is 0 Å². The molecule has 0 rings (SSSR count). The standard InChI is InChI=1S/C14H30O3/c1-5-13(15)11(3)7-9-17-10-8-12(4)14(16)6-2/h11-16H,5-10H2,1-4H3. The predicted molar refractivity (Wildman–Crippen MR) is 71.0 cm³/mol. The summed E-state index contributed by atoms with van der Waals surface area (Å²) < 4.78 is 5.54. The van der Waals surface area contributed by atoms with Crippen LogP contribution in [0.25, 0.3) is 0 Å². The molecule has 3 heteroatoms. The van der Waals surface area contributed by atoms with Gasteiger partial charge in [-0.05, 0) is 37.5 Å². The highest BCUT2D eigenvalue weighted by atomic mass is 16.5. The van der Waals surface area contributed by atoms with Crippen LogP contribution in [0.2, 0.25) is 0 Å². The van der Waals surface area contributed by atoms with Crippen molar-refractivity contribution in [2.75, 3.05) is 13.2 Å². The number of rotatable bonds is 10. The van der Waals surface area contributed by atoms with Gasteiger partial charge in [0, 0.05) is 13.2 Å². The summed E-state index contributed by atoms with van der Waals surface area (Å²) in [7, 11) is 0. The summed E-state index contributed by atoms with van der Waals surface area (Å²) in [6, 6.07) is 0. The zero-order valence-electron chi connectivity index (χ0n) is 11.9. The largest absolute Gasteiger partial charge is 0.393 e. The van der Waals surface area contributed by atoms with E-state index >= 15 is 0 Å². The highest BCUT2D eigenvalue weighted by Crippen LogP contribution is 2.13. The zero-order valence-corrected chi connectivity index (χ0v) is 11.9. The van der Waals surface area contributed by atoms with Crippen LogP contribution in [0, 0.1) is 11.8 Å².